The quantitative estimate of drug-likeness (QED) is 0.418. The van der Waals surface area contributed by atoms with Crippen LogP contribution in [0, 0.1) is 17.7 Å². The minimum absolute atomic E-state index is 0.00877. The zero-order chi connectivity index (χ0) is 24.4. The number of fused-ring (bicyclic) bond motifs is 1. The molecule has 0 radical (unpaired) electrons. The first-order valence-electron chi connectivity index (χ1n) is 11.7. The van der Waals surface area contributed by atoms with Crippen molar-refractivity contribution in [1.29, 1.82) is 0 Å². The Morgan fingerprint density at radius 1 is 1.09 bits per heavy atom. The van der Waals surface area contributed by atoms with Crippen LogP contribution in [0.2, 0.25) is 0 Å². The van der Waals surface area contributed by atoms with Gasteiger partial charge in [0.2, 0.25) is 5.91 Å². The van der Waals surface area contributed by atoms with Crippen molar-refractivity contribution in [3.63, 3.8) is 0 Å². The van der Waals surface area contributed by atoms with E-state index in [4.69, 9.17) is 4.42 Å². The van der Waals surface area contributed by atoms with Crippen molar-refractivity contribution in [2.75, 3.05) is 0 Å². The van der Waals surface area contributed by atoms with Crippen molar-refractivity contribution in [1.82, 2.24) is 14.5 Å². The third kappa shape index (κ3) is 5.00. The largest absolute Gasteiger partial charge is 0.467 e. The molecule has 0 atom stereocenters. The summed E-state index contributed by atoms with van der Waals surface area (Å²) in [6.45, 7) is 0.870. The fraction of sp³-hybridized carbons (Fsp3) is 0.346. The Balaban J connectivity index is 1.30. The van der Waals surface area contributed by atoms with Crippen LogP contribution in [0.15, 0.2) is 68.1 Å². The Kier molecular flexibility index (Phi) is 6.68. The summed E-state index contributed by atoms with van der Waals surface area (Å²) in [5.41, 5.74) is 0.561. The van der Waals surface area contributed by atoms with Gasteiger partial charge in [0.1, 0.15) is 16.3 Å². The second-order valence-electron chi connectivity index (χ2n) is 9.06. The molecule has 5 rings (SSSR count). The van der Waals surface area contributed by atoms with Crippen molar-refractivity contribution < 1.29 is 13.6 Å². The lowest BCUT2D eigenvalue weighted by Gasteiger charge is -2.28. The van der Waals surface area contributed by atoms with Gasteiger partial charge in [0.05, 0.1) is 24.9 Å². The molecule has 0 unspecified atom stereocenters. The molecule has 3 heterocycles. The molecule has 1 aromatic carbocycles. The molecule has 7 nitrogen and oxygen atoms in total. The van der Waals surface area contributed by atoms with E-state index in [2.05, 4.69) is 5.32 Å². The molecule has 1 aliphatic rings. The lowest BCUT2D eigenvalue weighted by Crippen LogP contribution is -2.42. The lowest BCUT2D eigenvalue weighted by molar-refractivity contribution is -0.126. The van der Waals surface area contributed by atoms with E-state index in [9.17, 15) is 18.8 Å². The molecule has 0 spiro atoms. The molecule has 1 fully saturated rings. The third-order valence-corrected chi connectivity index (χ3v) is 7.63. The lowest BCUT2D eigenvalue weighted by atomic mass is 9.81. The Bertz CT molecular complexity index is 1450. The average molecular weight is 496 g/mol. The number of halogens is 1. The number of thiophene rings is 1. The van der Waals surface area contributed by atoms with Crippen LogP contribution >= 0.6 is 11.3 Å². The molecule has 1 saturated carbocycles. The maximum atomic E-state index is 13.7. The Labute approximate surface area is 204 Å². The summed E-state index contributed by atoms with van der Waals surface area (Å²) in [6.07, 6.45) is 4.52. The van der Waals surface area contributed by atoms with Crippen molar-refractivity contribution in [2.24, 2.45) is 11.8 Å². The zero-order valence-corrected chi connectivity index (χ0v) is 19.9. The zero-order valence-electron chi connectivity index (χ0n) is 19.1. The van der Waals surface area contributed by atoms with Crippen LogP contribution in [0.4, 0.5) is 4.39 Å². The number of benzene rings is 1. The van der Waals surface area contributed by atoms with E-state index in [0.29, 0.717) is 47.5 Å². The summed E-state index contributed by atoms with van der Waals surface area (Å²) >= 11 is 1.31. The number of hydrogen-bond donors (Lipinski definition) is 1. The summed E-state index contributed by atoms with van der Waals surface area (Å²) in [4.78, 5) is 39.1. The normalized spacial score (nSPS) is 18.1. The number of aromatic nitrogens is 2. The number of nitrogens with one attached hydrogen (secondary N) is 1. The maximum Gasteiger partial charge on any atom is 0.331 e. The van der Waals surface area contributed by atoms with Gasteiger partial charge in [0.25, 0.3) is 5.56 Å². The standard InChI is InChI=1S/C26H26FN3O4S/c27-20-4-1-3-18(13-20)16-29-22-10-12-35-23(22)25(32)30(26(29)33)15-17-6-8-19(9-7-17)24(31)28-14-21-5-2-11-34-21/h1-5,10-13,17,19H,6-9,14-16H2,(H,28,31). The van der Waals surface area contributed by atoms with Gasteiger partial charge in [-0.1, -0.05) is 12.1 Å². The van der Waals surface area contributed by atoms with Gasteiger partial charge in [0.15, 0.2) is 0 Å². The number of carbonyl (C=O) groups is 1. The Morgan fingerprint density at radius 3 is 2.66 bits per heavy atom. The van der Waals surface area contributed by atoms with Gasteiger partial charge in [0, 0.05) is 12.5 Å². The summed E-state index contributed by atoms with van der Waals surface area (Å²) in [6, 6.07) is 11.5. The molecule has 0 aliphatic heterocycles. The molecule has 1 N–H and O–H groups in total. The fourth-order valence-electron chi connectivity index (χ4n) is 4.86. The van der Waals surface area contributed by atoms with Gasteiger partial charge in [-0.2, -0.15) is 0 Å². The van der Waals surface area contributed by atoms with Crippen molar-refractivity contribution in [3.8, 4) is 0 Å². The van der Waals surface area contributed by atoms with Crippen molar-refractivity contribution in [3.05, 3.63) is 92.1 Å². The van der Waals surface area contributed by atoms with Gasteiger partial charge in [-0.05, 0) is 72.9 Å². The van der Waals surface area contributed by atoms with Gasteiger partial charge in [-0.3, -0.25) is 18.7 Å². The van der Waals surface area contributed by atoms with Crippen LogP contribution < -0.4 is 16.6 Å². The van der Waals surface area contributed by atoms with Crippen molar-refractivity contribution >= 4 is 27.5 Å². The highest BCUT2D eigenvalue weighted by Gasteiger charge is 2.27. The molecular formula is C26H26FN3O4S. The molecule has 1 aliphatic carbocycles. The highest BCUT2D eigenvalue weighted by molar-refractivity contribution is 7.17. The number of amides is 1. The molecule has 0 saturated heterocycles. The number of carbonyl (C=O) groups excluding carboxylic acids is 1. The van der Waals surface area contributed by atoms with Crippen LogP contribution in [0.5, 0.6) is 0 Å². The topological polar surface area (TPSA) is 86.2 Å². The van der Waals surface area contributed by atoms with E-state index in [1.165, 1.54) is 28.0 Å². The summed E-state index contributed by atoms with van der Waals surface area (Å²) in [7, 11) is 0. The number of hydrogen-bond acceptors (Lipinski definition) is 5. The SMILES string of the molecule is O=C(NCc1ccco1)C1CCC(Cn2c(=O)c3sccc3n(Cc3cccc(F)c3)c2=O)CC1. The van der Waals surface area contributed by atoms with Crippen LogP contribution in [0.3, 0.4) is 0 Å². The first-order chi connectivity index (χ1) is 17.0. The predicted molar refractivity (Wildman–Crippen MR) is 132 cm³/mol. The molecule has 1 amide bonds. The average Bonchev–Trinajstić information content (AvgIpc) is 3.56. The summed E-state index contributed by atoms with van der Waals surface area (Å²) < 4.78 is 22.4. The third-order valence-electron chi connectivity index (χ3n) is 6.74. The highest BCUT2D eigenvalue weighted by atomic mass is 32.1. The molecular weight excluding hydrogens is 469 g/mol. The number of nitrogens with zero attached hydrogens (tertiary/aromatic N) is 2. The first-order valence-corrected chi connectivity index (χ1v) is 12.6. The maximum absolute atomic E-state index is 13.7. The van der Waals surface area contributed by atoms with E-state index in [1.54, 1.807) is 40.5 Å². The van der Waals surface area contributed by atoms with Crippen LogP contribution in [0.25, 0.3) is 10.2 Å². The molecule has 0 bridgehead atoms. The number of furan rings is 1. The molecule has 4 aromatic rings. The van der Waals surface area contributed by atoms with E-state index >= 15 is 0 Å². The van der Waals surface area contributed by atoms with Crippen LogP contribution in [0.1, 0.15) is 37.0 Å². The Morgan fingerprint density at radius 2 is 1.91 bits per heavy atom. The van der Waals surface area contributed by atoms with E-state index < -0.39 is 0 Å². The van der Waals surface area contributed by atoms with Crippen molar-refractivity contribution in [2.45, 2.75) is 45.3 Å². The van der Waals surface area contributed by atoms with Gasteiger partial charge >= 0.3 is 5.69 Å². The minimum atomic E-state index is -0.386. The number of rotatable bonds is 7. The Hall–Kier alpha value is -3.46. The van der Waals surface area contributed by atoms with E-state index in [1.807, 2.05) is 6.07 Å². The molecule has 35 heavy (non-hydrogen) atoms. The smallest absolute Gasteiger partial charge is 0.331 e. The first kappa shape index (κ1) is 23.3. The monoisotopic (exact) mass is 495 g/mol. The fourth-order valence-corrected chi connectivity index (χ4v) is 5.71. The predicted octanol–water partition coefficient (Wildman–Crippen LogP) is 4.13. The second-order valence-corrected chi connectivity index (χ2v) is 9.98. The van der Waals surface area contributed by atoms with Gasteiger partial charge in [-0.15, -0.1) is 11.3 Å². The van der Waals surface area contributed by atoms with Gasteiger partial charge in [-0.25, -0.2) is 9.18 Å². The van der Waals surface area contributed by atoms with Crippen LogP contribution in [-0.4, -0.2) is 15.0 Å². The second kappa shape index (κ2) is 10.0. The summed E-state index contributed by atoms with van der Waals surface area (Å²) in [5.74, 6) is 0.409. The highest BCUT2D eigenvalue weighted by Crippen LogP contribution is 2.30. The van der Waals surface area contributed by atoms with Gasteiger partial charge < -0.3 is 9.73 Å². The molecule has 3 aromatic heterocycles. The minimum Gasteiger partial charge on any atom is -0.467 e. The molecule has 9 heteroatoms. The summed E-state index contributed by atoms with van der Waals surface area (Å²) in [5, 5.41) is 4.72. The van der Waals surface area contributed by atoms with Crippen LogP contribution in [-0.2, 0) is 24.4 Å². The molecule has 182 valence electrons. The van der Waals surface area contributed by atoms with E-state index in [0.717, 1.165) is 12.8 Å². The van der Waals surface area contributed by atoms with E-state index in [-0.39, 0.29) is 41.4 Å².